The van der Waals surface area contributed by atoms with Gasteiger partial charge in [-0.25, -0.2) is 0 Å². The Labute approximate surface area is 75.8 Å². The SMILES string of the molecule is NC(=O)CCCCCC(=O)N(O)O. The molecule has 0 saturated carbocycles. The Bertz CT molecular complexity index is 181. The summed E-state index contributed by atoms with van der Waals surface area (Å²) < 4.78 is 0. The third-order valence-electron chi connectivity index (χ3n) is 1.54. The van der Waals surface area contributed by atoms with Gasteiger partial charge in [0.05, 0.1) is 0 Å². The maximum Gasteiger partial charge on any atom is 0.273 e. The van der Waals surface area contributed by atoms with Gasteiger partial charge in [-0.15, -0.1) is 0 Å². The van der Waals surface area contributed by atoms with Gasteiger partial charge in [0.15, 0.2) is 0 Å². The van der Waals surface area contributed by atoms with Crippen LogP contribution in [0.2, 0.25) is 0 Å². The number of hydrogen-bond donors (Lipinski definition) is 3. The molecule has 0 aromatic carbocycles. The number of carbonyl (C=O) groups excluding carboxylic acids is 2. The summed E-state index contributed by atoms with van der Waals surface area (Å²) in [5.41, 5.74) is 4.89. The van der Waals surface area contributed by atoms with Crippen molar-refractivity contribution in [2.75, 3.05) is 0 Å². The summed E-state index contributed by atoms with van der Waals surface area (Å²) in [6.45, 7) is 0. The summed E-state index contributed by atoms with van der Waals surface area (Å²) in [5, 5.41) is 16.0. The van der Waals surface area contributed by atoms with Crippen LogP contribution >= 0.6 is 0 Å². The van der Waals surface area contributed by atoms with Gasteiger partial charge in [-0.05, 0) is 12.8 Å². The Kier molecular flexibility index (Phi) is 5.82. The molecule has 0 rings (SSSR count). The largest absolute Gasteiger partial charge is 0.370 e. The van der Waals surface area contributed by atoms with Crippen LogP contribution in [0.3, 0.4) is 0 Å². The summed E-state index contributed by atoms with van der Waals surface area (Å²) in [6, 6.07) is 0. The van der Waals surface area contributed by atoms with Crippen LogP contribution in [0, 0.1) is 0 Å². The molecule has 0 saturated heterocycles. The minimum Gasteiger partial charge on any atom is -0.370 e. The third-order valence-corrected chi connectivity index (χ3v) is 1.54. The molecule has 0 aliphatic heterocycles. The van der Waals surface area contributed by atoms with Crippen molar-refractivity contribution in [2.45, 2.75) is 32.1 Å². The second kappa shape index (κ2) is 6.38. The van der Waals surface area contributed by atoms with Gasteiger partial charge in [0, 0.05) is 12.8 Å². The Morgan fingerprint density at radius 1 is 1.08 bits per heavy atom. The summed E-state index contributed by atoms with van der Waals surface area (Å²) in [7, 11) is 0. The number of unbranched alkanes of at least 4 members (excludes halogenated alkanes) is 2. The van der Waals surface area contributed by atoms with E-state index in [1.54, 1.807) is 0 Å². The van der Waals surface area contributed by atoms with Crippen LogP contribution in [0.4, 0.5) is 0 Å². The maximum absolute atomic E-state index is 10.6. The molecule has 6 nitrogen and oxygen atoms in total. The molecule has 4 N–H and O–H groups in total. The fraction of sp³-hybridized carbons (Fsp3) is 0.714. The molecule has 0 atom stereocenters. The van der Waals surface area contributed by atoms with Gasteiger partial charge in [0.1, 0.15) is 0 Å². The zero-order valence-corrected chi connectivity index (χ0v) is 7.27. The number of hydroxylamine groups is 2. The monoisotopic (exact) mass is 190 g/mol. The highest BCUT2D eigenvalue weighted by molar-refractivity contribution is 5.74. The Balaban J connectivity index is 3.26. The van der Waals surface area contributed by atoms with E-state index < -0.39 is 11.1 Å². The van der Waals surface area contributed by atoms with E-state index in [1.165, 1.54) is 0 Å². The summed E-state index contributed by atoms with van der Waals surface area (Å²) in [5.74, 6) is -1.11. The number of rotatable bonds is 6. The maximum atomic E-state index is 10.6. The van der Waals surface area contributed by atoms with E-state index in [1.807, 2.05) is 0 Å². The molecular weight excluding hydrogens is 176 g/mol. The Morgan fingerprint density at radius 2 is 1.62 bits per heavy atom. The van der Waals surface area contributed by atoms with Gasteiger partial charge < -0.3 is 5.73 Å². The lowest BCUT2D eigenvalue weighted by Crippen LogP contribution is -2.22. The third kappa shape index (κ3) is 7.23. The van der Waals surface area contributed by atoms with Crippen LogP contribution in [0.15, 0.2) is 0 Å². The first-order valence-electron chi connectivity index (χ1n) is 4.03. The molecule has 6 heteroatoms. The molecule has 0 spiro atoms. The Morgan fingerprint density at radius 3 is 2.08 bits per heavy atom. The van der Waals surface area contributed by atoms with E-state index in [0.717, 1.165) is 0 Å². The highest BCUT2D eigenvalue weighted by Crippen LogP contribution is 2.03. The average molecular weight is 190 g/mol. The molecule has 0 aromatic rings. The minimum atomic E-state index is -0.751. The fourth-order valence-electron chi connectivity index (χ4n) is 0.852. The quantitative estimate of drug-likeness (QED) is 0.312. The normalized spacial score (nSPS) is 9.69. The van der Waals surface area contributed by atoms with E-state index in [0.29, 0.717) is 25.7 Å². The Hall–Kier alpha value is -1.14. The number of amides is 2. The van der Waals surface area contributed by atoms with Crippen LogP contribution in [0.25, 0.3) is 0 Å². The van der Waals surface area contributed by atoms with Gasteiger partial charge in [-0.2, -0.15) is 0 Å². The van der Waals surface area contributed by atoms with E-state index in [4.69, 9.17) is 16.1 Å². The van der Waals surface area contributed by atoms with E-state index >= 15 is 0 Å². The molecule has 2 amide bonds. The summed E-state index contributed by atoms with van der Waals surface area (Å²) in [6.07, 6.45) is 2.17. The zero-order valence-electron chi connectivity index (χ0n) is 7.27. The predicted molar refractivity (Wildman–Crippen MR) is 42.7 cm³/mol. The van der Waals surface area contributed by atoms with Crippen molar-refractivity contribution in [3.05, 3.63) is 0 Å². The smallest absolute Gasteiger partial charge is 0.273 e. The number of nitrogens with two attached hydrogens (primary N) is 1. The second-order valence-electron chi connectivity index (χ2n) is 2.71. The highest BCUT2D eigenvalue weighted by Gasteiger charge is 2.06. The van der Waals surface area contributed by atoms with Crippen molar-refractivity contribution in [3.63, 3.8) is 0 Å². The van der Waals surface area contributed by atoms with Crippen molar-refractivity contribution in [2.24, 2.45) is 5.73 Å². The molecule has 0 aliphatic rings. The standard InChI is InChI=1S/C7H14N2O4/c8-6(10)4-2-1-3-5-7(11)9(12)13/h12-13H,1-5H2,(H2,8,10). The number of carbonyl (C=O) groups is 2. The summed E-state index contributed by atoms with van der Waals surface area (Å²) >= 11 is 0. The van der Waals surface area contributed by atoms with Gasteiger partial charge in [-0.3, -0.25) is 20.0 Å². The predicted octanol–water partition coefficient (Wildman–Crippen LogP) is 0.0292. The van der Waals surface area contributed by atoms with Crippen molar-refractivity contribution in [3.8, 4) is 0 Å². The average Bonchev–Trinajstić information content (AvgIpc) is 2.02. The molecule has 0 fully saturated rings. The first-order chi connectivity index (χ1) is 6.04. The number of primary amides is 1. The van der Waals surface area contributed by atoms with Crippen LogP contribution < -0.4 is 5.73 Å². The van der Waals surface area contributed by atoms with Gasteiger partial charge in [0.25, 0.3) is 5.91 Å². The minimum absolute atomic E-state index is 0.0613. The number of nitrogens with zero attached hydrogens (tertiary/aromatic N) is 1. The lowest BCUT2D eigenvalue weighted by molar-refractivity contribution is -0.285. The van der Waals surface area contributed by atoms with Gasteiger partial charge in [-0.1, -0.05) is 11.6 Å². The lowest BCUT2D eigenvalue weighted by atomic mass is 10.1. The first kappa shape index (κ1) is 11.9. The molecule has 0 radical (unpaired) electrons. The van der Waals surface area contributed by atoms with Crippen molar-refractivity contribution in [1.29, 1.82) is 0 Å². The van der Waals surface area contributed by atoms with Crippen LogP contribution in [0.1, 0.15) is 32.1 Å². The van der Waals surface area contributed by atoms with Crippen LogP contribution in [-0.4, -0.2) is 27.5 Å². The molecule has 0 unspecified atom stereocenters. The lowest BCUT2D eigenvalue weighted by Gasteiger charge is -2.04. The topological polar surface area (TPSA) is 104 Å². The zero-order chi connectivity index (χ0) is 10.3. The molecule has 0 aliphatic carbocycles. The molecule has 0 heterocycles. The van der Waals surface area contributed by atoms with E-state index in [-0.39, 0.29) is 12.3 Å². The van der Waals surface area contributed by atoms with Crippen LogP contribution in [-0.2, 0) is 9.59 Å². The molecule has 76 valence electrons. The van der Waals surface area contributed by atoms with E-state index in [9.17, 15) is 9.59 Å². The molecular formula is C7H14N2O4. The highest BCUT2D eigenvalue weighted by atomic mass is 16.8. The first-order valence-corrected chi connectivity index (χ1v) is 4.03. The summed E-state index contributed by atoms with van der Waals surface area (Å²) in [4.78, 5) is 20.8. The van der Waals surface area contributed by atoms with Crippen molar-refractivity contribution in [1.82, 2.24) is 5.23 Å². The van der Waals surface area contributed by atoms with E-state index in [2.05, 4.69) is 0 Å². The second-order valence-corrected chi connectivity index (χ2v) is 2.71. The number of hydrogen-bond acceptors (Lipinski definition) is 4. The van der Waals surface area contributed by atoms with Gasteiger partial charge >= 0.3 is 0 Å². The van der Waals surface area contributed by atoms with Crippen molar-refractivity contribution < 1.29 is 20.0 Å². The van der Waals surface area contributed by atoms with Crippen molar-refractivity contribution >= 4 is 11.8 Å². The molecule has 0 bridgehead atoms. The molecule has 0 aromatic heterocycles. The van der Waals surface area contributed by atoms with Crippen LogP contribution in [0.5, 0.6) is 0 Å². The van der Waals surface area contributed by atoms with Gasteiger partial charge in [0.2, 0.25) is 5.91 Å². The molecule has 13 heavy (non-hydrogen) atoms. The fourth-order valence-corrected chi connectivity index (χ4v) is 0.852.